The van der Waals surface area contributed by atoms with E-state index in [0.29, 0.717) is 19.3 Å². The van der Waals surface area contributed by atoms with Crippen LogP contribution in [0.4, 0.5) is 0 Å². The third-order valence-corrected chi connectivity index (χ3v) is 13.7. The highest BCUT2D eigenvalue weighted by Gasteiger charge is 2.19. The number of carbonyl (C=O) groups excluding carboxylic acids is 3. The first kappa shape index (κ1) is 77.8. The molecule has 6 heteroatoms. The maximum Gasteiger partial charge on any atom is 0.306 e. The first-order chi connectivity index (χ1) is 41.0. The van der Waals surface area contributed by atoms with Crippen molar-refractivity contribution in [2.75, 3.05) is 13.2 Å². The van der Waals surface area contributed by atoms with Gasteiger partial charge in [0.2, 0.25) is 0 Å². The largest absolute Gasteiger partial charge is 0.462 e. The van der Waals surface area contributed by atoms with E-state index in [4.69, 9.17) is 14.2 Å². The Morgan fingerprint density at radius 1 is 0.253 bits per heavy atom. The maximum atomic E-state index is 12.9. The minimum atomic E-state index is -0.810. The summed E-state index contributed by atoms with van der Waals surface area (Å²) in [6.45, 7) is 6.34. The van der Waals surface area contributed by atoms with Crippen LogP contribution < -0.4 is 0 Å². The van der Waals surface area contributed by atoms with Crippen LogP contribution in [0.5, 0.6) is 0 Å². The van der Waals surface area contributed by atoms with Gasteiger partial charge in [0, 0.05) is 19.3 Å². The van der Waals surface area contributed by atoms with E-state index in [2.05, 4.69) is 191 Å². The molecule has 466 valence electrons. The monoisotopic (exact) mass is 1140 g/mol. The molecule has 0 heterocycles. The lowest BCUT2D eigenvalue weighted by molar-refractivity contribution is -0.167. The van der Waals surface area contributed by atoms with E-state index in [9.17, 15) is 14.4 Å². The Balaban J connectivity index is 4.38. The summed E-state index contributed by atoms with van der Waals surface area (Å²) in [5.74, 6) is -0.960. The number of ether oxygens (including phenoxy) is 3. The first-order valence-corrected chi connectivity index (χ1v) is 33.6. The average Bonchev–Trinajstić information content (AvgIpc) is 3.49. The van der Waals surface area contributed by atoms with Crippen LogP contribution in [0, 0.1) is 0 Å². The molecule has 0 aliphatic heterocycles. The summed E-state index contributed by atoms with van der Waals surface area (Å²) >= 11 is 0. The molecule has 0 aliphatic rings. The van der Waals surface area contributed by atoms with E-state index in [1.807, 2.05) is 0 Å². The number of allylic oxidation sites excluding steroid dienone is 28. The van der Waals surface area contributed by atoms with Gasteiger partial charge in [-0.2, -0.15) is 0 Å². The summed E-state index contributed by atoms with van der Waals surface area (Å²) in [5.41, 5.74) is 0. The SMILES string of the molecule is CC/C=C\C/C=C\C/C=C\C/C=C\C/C=C\C/C=C\C/C=C\C/C=C\C/C=C\CCCCCCCC(=O)OCC(COC(=O)CCCCC/C=C\C/C=C\C/C=C\CC)OC(=O)CCCCCCCCCCC/C=C\C/C=C\CCCCC. The van der Waals surface area contributed by atoms with Crippen LogP contribution >= 0.6 is 0 Å². The van der Waals surface area contributed by atoms with Crippen molar-refractivity contribution >= 4 is 17.9 Å². The fraction of sp³-hybridized carbons (Fsp3) is 0.597. The third-order valence-electron chi connectivity index (χ3n) is 13.7. The Morgan fingerprint density at radius 3 is 0.747 bits per heavy atom. The van der Waals surface area contributed by atoms with Gasteiger partial charge in [0.1, 0.15) is 13.2 Å². The van der Waals surface area contributed by atoms with Crippen LogP contribution in [-0.2, 0) is 28.6 Å². The zero-order valence-corrected chi connectivity index (χ0v) is 53.4. The lowest BCUT2D eigenvalue weighted by atomic mass is 10.1. The van der Waals surface area contributed by atoms with E-state index < -0.39 is 6.10 Å². The Labute approximate surface area is 511 Å². The molecule has 6 nitrogen and oxygen atoms in total. The molecule has 0 spiro atoms. The fourth-order valence-corrected chi connectivity index (χ4v) is 8.71. The summed E-state index contributed by atoms with van der Waals surface area (Å²) in [6.07, 6.45) is 102. The Hall–Kier alpha value is -5.23. The van der Waals surface area contributed by atoms with Crippen molar-refractivity contribution in [2.45, 2.75) is 284 Å². The summed E-state index contributed by atoms with van der Waals surface area (Å²) in [4.78, 5) is 38.3. The standard InChI is InChI=1S/C77H122O6/c1-4-7-10-13-16-19-22-25-27-29-31-32-33-34-35-36-37-38-39-40-41-42-43-44-46-47-49-52-55-58-61-64-67-70-76(79)82-73-74(72-81-75(78)69-66-63-60-57-54-51-24-21-18-15-12-9-6-3)83-77(80)71-68-65-62-59-56-53-50-48-45-30-28-26-23-20-17-14-11-8-5-2/h7,9-10,12,16-21,25-28,31-32,34-35,37-38,40-41,43-44,47,49,51,54,74H,4-6,8,11,13-15,22-24,29-30,33,36,39,42,45-46,48,50,52-53,55-73H2,1-3H3/b10-7-,12-9-,19-16-,20-17-,21-18-,27-25-,28-26-,32-31-,35-34-,38-37-,41-40-,44-43-,49-47-,54-51-. The van der Waals surface area contributed by atoms with E-state index in [0.717, 1.165) is 167 Å². The summed E-state index contributed by atoms with van der Waals surface area (Å²) < 4.78 is 16.9. The van der Waals surface area contributed by atoms with Gasteiger partial charge in [0.25, 0.3) is 0 Å². The van der Waals surface area contributed by atoms with Crippen LogP contribution in [0.15, 0.2) is 170 Å². The molecule has 0 N–H and O–H groups in total. The Kier molecular flexibility index (Phi) is 64.9. The van der Waals surface area contributed by atoms with Gasteiger partial charge in [0.15, 0.2) is 6.10 Å². The molecule has 0 saturated carbocycles. The number of hydrogen-bond acceptors (Lipinski definition) is 6. The van der Waals surface area contributed by atoms with Crippen LogP contribution in [-0.4, -0.2) is 37.2 Å². The topological polar surface area (TPSA) is 78.9 Å². The van der Waals surface area contributed by atoms with Crippen molar-refractivity contribution in [1.29, 1.82) is 0 Å². The molecular formula is C77H122O6. The molecule has 0 saturated heterocycles. The van der Waals surface area contributed by atoms with Crippen LogP contribution in [0.2, 0.25) is 0 Å². The van der Waals surface area contributed by atoms with Crippen molar-refractivity contribution in [3.05, 3.63) is 170 Å². The molecule has 0 bridgehead atoms. The molecule has 0 aliphatic carbocycles. The number of esters is 3. The minimum Gasteiger partial charge on any atom is -0.462 e. The van der Waals surface area contributed by atoms with Crippen molar-refractivity contribution in [3.8, 4) is 0 Å². The molecule has 1 unspecified atom stereocenters. The van der Waals surface area contributed by atoms with Gasteiger partial charge in [-0.1, -0.05) is 274 Å². The molecule has 83 heavy (non-hydrogen) atoms. The number of rotatable bonds is 59. The lowest BCUT2D eigenvalue weighted by Crippen LogP contribution is -2.30. The van der Waals surface area contributed by atoms with Crippen molar-refractivity contribution in [3.63, 3.8) is 0 Å². The van der Waals surface area contributed by atoms with Crippen molar-refractivity contribution in [1.82, 2.24) is 0 Å². The van der Waals surface area contributed by atoms with E-state index in [1.165, 1.54) is 70.6 Å². The second-order valence-electron chi connectivity index (χ2n) is 21.6. The molecule has 0 aromatic heterocycles. The highest BCUT2D eigenvalue weighted by molar-refractivity contribution is 5.71. The van der Waals surface area contributed by atoms with Gasteiger partial charge in [0.05, 0.1) is 0 Å². The highest BCUT2D eigenvalue weighted by atomic mass is 16.6. The number of hydrogen-bond donors (Lipinski definition) is 0. The predicted octanol–water partition coefficient (Wildman–Crippen LogP) is 23.4. The van der Waals surface area contributed by atoms with Gasteiger partial charge in [-0.05, 0) is 154 Å². The van der Waals surface area contributed by atoms with Gasteiger partial charge in [-0.3, -0.25) is 14.4 Å². The molecule has 0 amide bonds. The first-order valence-electron chi connectivity index (χ1n) is 33.6. The van der Waals surface area contributed by atoms with E-state index in [1.54, 1.807) is 0 Å². The normalized spacial score (nSPS) is 13.2. The third kappa shape index (κ3) is 67.4. The average molecular weight is 1140 g/mol. The summed E-state index contributed by atoms with van der Waals surface area (Å²) in [6, 6.07) is 0. The molecule has 0 rings (SSSR count). The van der Waals surface area contributed by atoms with Gasteiger partial charge < -0.3 is 14.2 Å². The van der Waals surface area contributed by atoms with Crippen LogP contribution in [0.1, 0.15) is 278 Å². The van der Waals surface area contributed by atoms with Gasteiger partial charge in [-0.25, -0.2) is 0 Å². The Bertz CT molecular complexity index is 1890. The minimum absolute atomic E-state index is 0.106. The summed E-state index contributed by atoms with van der Waals surface area (Å²) in [5, 5.41) is 0. The second-order valence-corrected chi connectivity index (χ2v) is 21.6. The molecule has 0 aromatic carbocycles. The van der Waals surface area contributed by atoms with E-state index >= 15 is 0 Å². The van der Waals surface area contributed by atoms with Gasteiger partial charge in [-0.15, -0.1) is 0 Å². The van der Waals surface area contributed by atoms with Crippen molar-refractivity contribution < 1.29 is 28.6 Å². The van der Waals surface area contributed by atoms with Gasteiger partial charge >= 0.3 is 17.9 Å². The molecule has 0 aromatic rings. The molecule has 0 fully saturated rings. The molecule has 1 atom stereocenters. The van der Waals surface area contributed by atoms with E-state index in [-0.39, 0.29) is 31.1 Å². The lowest BCUT2D eigenvalue weighted by Gasteiger charge is -2.18. The smallest absolute Gasteiger partial charge is 0.306 e. The van der Waals surface area contributed by atoms with Crippen LogP contribution in [0.3, 0.4) is 0 Å². The van der Waals surface area contributed by atoms with Crippen LogP contribution in [0.25, 0.3) is 0 Å². The zero-order valence-electron chi connectivity index (χ0n) is 53.4. The number of unbranched alkanes of at least 4 members (excludes halogenated alkanes) is 20. The highest BCUT2D eigenvalue weighted by Crippen LogP contribution is 2.15. The quantitative estimate of drug-likeness (QED) is 0.0261. The molecule has 0 radical (unpaired) electrons. The predicted molar refractivity (Wildman–Crippen MR) is 361 cm³/mol. The van der Waals surface area contributed by atoms with Crippen molar-refractivity contribution in [2.24, 2.45) is 0 Å². The fourth-order valence-electron chi connectivity index (χ4n) is 8.71. The number of carbonyl (C=O) groups is 3. The summed E-state index contributed by atoms with van der Waals surface area (Å²) in [7, 11) is 0. The second kappa shape index (κ2) is 69.3. The molecular weight excluding hydrogens is 1020 g/mol. The Morgan fingerprint density at radius 2 is 0.470 bits per heavy atom. The maximum absolute atomic E-state index is 12.9. The zero-order chi connectivity index (χ0) is 59.9.